The number of aromatic nitrogens is 2. The highest BCUT2D eigenvalue weighted by molar-refractivity contribution is 4.74. The molecule has 0 saturated heterocycles. The lowest BCUT2D eigenvalue weighted by Gasteiger charge is -2.16. The molecule has 16 heavy (non-hydrogen) atoms. The van der Waals surface area contributed by atoms with Gasteiger partial charge in [-0.05, 0) is 25.8 Å². The Morgan fingerprint density at radius 2 is 2.19 bits per heavy atom. The van der Waals surface area contributed by atoms with Crippen LogP contribution in [-0.2, 0) is 6.54 Å². The fraction of sp³-hybridized carbons (Fsp3) is 0.769. The number of hydrogen-bond donors (Lipinski definition) is 1. The average molecular weight is 223 g/mol. The van der Waals surface area contributed by atoms with Gasteiger partial charge < -0.3 is 9.88 Å². The lowest BCUT2D eigenvalue weighted by molar-refractivity contribution is 0.440. The lowest BCUT2D eigenvalue weighted by Crippen LogP contribution is -2.29. The van der Waals surface area contributed by atoms with E-state index in [1.54, 1.807) is 0 Å². The number of aryl methyl sites for hydroxylation is 1. The summed E-state index contributed by atoms with van der Waals surface area (Å²) in [5, 5.41) is 3.63. The fourth-order valence-electron chi connectivity index (χ4n) is 1.89. The van der Waals surface area contributed by atoms with E-state index in [1.165, 1.54) is 32.1 Å². The molecule has 0 aliphatic heterocycles. The Labute approximate surface area is 99.3 Å². The zero-order valence-corrected chi connectivity index (χ0v) is 10.7. The highest BCUT2D eigenvalue weighted by atomic mass is 15.0. The predicted octanol–water partition coefficient (Wildman–Crippen LogP) is 2.83. The summed E-state index contributed by atoms with van der Waals surface area (Å²) >= 11 is 0. The van der Waals surface area contributed by atoms with Crippen LogP contribution in [0.4, 0.5) is 0 Å². The van der Waals surface area contributed by atoms with Crippen LogP contribution in [0.1, 0.15) is 46.0 Å². The zero-order valence-electron chi connectivity index (χ0n) is 10.7. The molecule has 0 aliphatic carbocycles. The molecule has 0 bridgehead atoms. The molecular weight excluding hydrogens is 198 g/mol. The van der Waals surface area contributed by atoms with Crippen LogP contribution in [0.2, 0.25) is 0 Å². The molecule has 1 unspecified atom stereocenters. The van der Waals surface area contributed by atoms with E-state index in [9.17, 15) is 0 Å². The average Bonchev–Trinajstić information content (AvgIpc) is 2.81. The van der Waals surface area contributed by atoms with Gasteiger partial charge in [-0.1, -0.05) is 26.7 Å². The maximum absolute atomic E-state index is 4.04. The predicted molar refractivity (Wildman–Crippen MR) is 68.5 cm³/mol. The van der Waals surface area contributed by atoms with Crippen LogP contribution in [0.5, 0.6) is 0 Å². The first-order valence-corrected chi connectivity index (χ1v) is 6.56. The zero-order chi connectivity index (χ0) is 11.6. The third kappa shape index (κ3) is 5.31. The number of nitrogens with zero attached hydrogens (tertiary/aromatic N) is 2. The standard InChI is InChI=1S/C13H25N3/c1-3-5-7-13(4-2)15-8-6-10-16-11-9-14-12-16/h9,11-13,15H,3-8,10H2,1-2H3. The highest BCUT2D eigenvalue weighted by Crippen LogP contribution is 2.03. The summed E-state index contributed by atoms with van der Waals surface area (Å²) in [5.74, 6) is 0. The molecule has 0 saturated carbocycles. The van der Waals surface area contributed by atoms with Crippen molar-refractivity contribution in [3.8, 4) is 0 Å². The van der Waals surface area contributed by atoms with E-state index in [4.69, 9.17) is 0 Å². The molecule has 1 heterocycles. The molecule has 1 N–H and O–H groups in total. The van der Waals surface area contributed by atoms with Crippen molar-refractivity contribution in [2.45, 2.75) is 58.5 Å². The second kappa shape index (κ2) is 8.34. The van der Waals surface area contributed by atoms with E-state index >= 15 is 0 Å². The van der Waals surface area contributed by atoms with Crippen molar-refractivity contribution in [2.75, 3.05) is 6.54 Å². The highest BCUT2D eigenvalue weighted by Gasteiger charge is 2.03. The normalized spacial score (nSPS) is 12.9. The van der Waals surface area contributed by atoms with Gasteiger partial charge in [0.15, 0.2) is 0 Å². The molecule has 0 amide bonds. The Balaban J connectivity index is 2.04. The van der Waals surface area contributed by atoms with Gasteiger partial charge in [-0.15, -0.1) is 0 Å². The van der Waals surface area contributed by atoms with Gasteiger partial charge in [-0.25, -0.2) is 4.98 Å². The first kappa shape index (κ1) is 13.2. The molecule has 1 rings (SSSR count). The van der Waals surface area contributed by atoms with Crippen molar-refractivity contribution < 1.29 is 0 Å². The summed E-state index contributed by atoms with van der Waals surface area (Å²) in [7, 11) is 0. The minimum Gasteiger partial charge on any atom is -0.337 e. The van der Waals surface area contributed by atoms with Crippen LogP contribution in [0.15, 0.2) is 18.7 Å². The summed E-state index contributed by atoms with van der Waals surface area (Å²) in [6.07, 6.45) is 12.1. The number of imidazole rings is 1. The van der Waals surface area contributed by atoms with Crippen LogP contribution in [0, 0.1) is 0 Å². The minimum atomic E-state index is 0.711. The topological polar surface area (TPSA) is 29.9 Å². The SMILES string of the molecule is CCCCC(CC)NCCCn1ccnc1. The fourth-order valence-corrected chi connectivity index (χ4v) is 1.89. The molecule has 3 heteroatoms. The van der Waals surface area contributed by atoms with Gasteiger partial charge in [0.05, 0.1) is 6.33 Å². The quantitative estimate of drug-likeness (QED) is 0.652. The van der Waals surface area contributed by atoms with Gasteiger partial charge in [0.1, 0.15) is 0 Å². The van der Waals surface area contributed by atoms with Crippen LogP contribution >= 0.6 is 0 Å². The Morgan fingerprint density at radius 1 is 1.31 bits per heavy atom. The monoisotopic (exact) mass is 223 g/mol. The summed E-state index contributed by atoms with van der Waals surface area (Å²) in [6.45, 7) is 6.70. The van der Waals surface area contributed by atoms with Gasteiger partial charge >= 0.3 is 0 Å². The van der Waals surface area contributed by atoms with E-state index in [0.29, 0.717) is 6.04 Å². The maximum Gasteiger partial charge on any atom is 0.0945 e. The molecule has 92 valence electrons. The van der Waals surface area contributed by atoms with E-state index in [2.05, 4.69) is 28.7 Å². The molecule has 1 aromatic heterocycles. The molecule has 0 aromatic carbocycles. The molecule has 1 atom stereocenters. The summed E-state index contributed by atoms with van der Waals surface area (Å²) in [4.78, 5) is 4.04. The molecular formula is C13H25N3. The molecule has 0 radical (unpaired) electrons. The van der Waals surface area contributed by atoms with E-state index in [-0.39, 0.29) is 0 Å². The Kier molecular flexibility index (Phi) is 6.90. The third-order valence-electron chi connectivity index (χ3n) is 2.98. The van der Waals surface area contributed by atoms with E-state index in [1.807, 2.05) is 18.7 Å². The summed E-state index contributed by atoms with van der Waals surface area (Å²) in [6, 6.07) is 0.711. The van der Waals surface area contributed by atoms with Crippen LogP contribution < -0.4 is 5.32 Å². The van der Waals surface area contributed by atoms with E-state index < -0.39 is 0 Å². The first-order chi connectivity index (χ1) is 7.86. The maximum atomic E-state index is 4.04. The second-order valence-corrected chi connectivity index (χ2v) is 4.36. The van der Waals surface area contributed by atoms with E-state index in [0.717, 1.165) is 13.1 Å². The van der Waals surface area contributed by atoms with Gasteiger partial charge in [-0.3, -0.25) is 0 Å². The Hall–Kier alpha value is -0.830. The number of hydrogen-bond acceptors (Lipinski definition) is 2. The van der Waals surface area contributed by atoms with Crippen molar-refractivity contribution in [3.63, 3.8) is 0 Å². The van der Waals surface area contributed by atoms with Crippen molar-refractivity contribution in [2.24, 2.45) is 0 Å². The van der Waals surface area contributed by atoms with Gasteiger partial charge in [0.25, 0.3) is 0 Å². The molecule has 1 aromatic rings. The van der Waals surface area contributed by atoms with Crippen LogP contribution in [0.25, 0.3) is 0 Å². The third-order valence-corrected chi connectivity index (χ3v) is 2.98. The molecule has 0 aliphatic rings. The number of nitrogens with one attached hydrogen (secondary N) is 1. The van der Waals surface area contributed by atoms with Gasteiger partial charge in [0, 0.05) is 25.0 Å². The lowest BCUT2D eigenvalue weighted by atomic mass is 10.1. The number of rotatable bonds is 9. The van der Waals surface area contributed by atoms with Crippen molar-refractivity contribution in [1.82, 2.24) is 14.9 Å². The first-order valence-electron chi connectivity index (χ1n) is 6.56. The Bertz CT molecular complexity index is 244. The molecule has 0 fully saturated rings. The second-order valence-electron chi connectivity index (χ2n) is 4.36. The van der Waals surface area contributed by atoms with Gasteiger partial charge in [0.2, 0.25) is 0 Å². The van der Waals surface area contributed by atoms with Crippen LogP contribution in [0.3, 0.4) is 0 Å². The molecule has 0 spiro atoms. The van der Waals surface area contributed by atoms with Crippen LogP contribution in [-0.4, -0.2) is 22.1 Å². The summed E-state index contributed by atoms with van der Waals surface area (Å²) < 4.78 is 2.13. The summed E-state index contributed by atoms with van der Waals surface area (Å²) in [5.41, 5.74) is 0. The largest absolute Gasteiger partial charge is 0.337 e. The minimum absolute atomic E-state index is 0.711. The van der Waals surface area contributed by atoms with Gasteiger partial charge in [-0.2, -0.15) is 0 Å². The number of unbranched alkanes of at least 4 members (excludes halogenated alkanes) is 1. The smallest absolute Gasteiger partial charge is 0.0945 e. The Morgan fingerprint density at radius 3 is 2.81 bits per heavy atom. The van der Waals surface area contributed by atoms with Crippen molar-refractivity contribution in [1.29, 1.82) is 0 Å². The van der Waals surface area contributed by atoms with Crippen molar-refractivity contribution in [3.05, 3.63) is 18.7 Å². The molecule has 3 nitrogen and oxygen atoms in total. The van der Waals surface area contributed by atoms with Crippen molar-refractivity contribution >= 4 is 0 Å².